The summed E-state index contributed by atoms with van der Waals surface area (Å²) in [5, 5.41) is 11.5. The van der Waals surface area contributed by atoms with Crippen LogP contribution in [-0.2, 0) is 14.9 Å². The Hall–Kier alpha value is -2.51. The Morgan fingerprint density at radius 3 is 2.21 bits per heavy atom. The number of aromatic nitrogens is 2. The highest BCUT2D eigenvalue weighted by molar-refractivity contribution is 5.92. The lowest BCUT2D eigenvalue weighted by atomic mass is 9.87. The van der Waals surface area contributed by atoms with Gasteiger partial charge in [0, 0.05) is 31.6 Å². The van der Waals surface area contributed by atoms with E-state index in [-0.39, 0.29) is 11.3 Å². The Kier molecular flexibility index (Phi) is 5.27. The van der Waals surface area contributed by atoms with Crippen LogP contribution in [0.25, 0.3) is 0 Å². The molecule has 1 aromatic carbocycles. The van der Waals surface area contributed by atoms with Gasteiger partial charge in [0.2, 0.25) is 0 Å². The monoisotopic (exact) mass is 396 g/mol. The van der Waals surface area contributed by atoms with Gasteiger partial charge in [0.05, 0.1) is 13.2 Å². The SMILES string of the molecule is CC(C)(C)c1ccc(Nc2ccc(C(=O)N3CCC4(CC3)OCCO4)nn2)cc1. The standard InChI is InChI=1S/C22H28N4O3/c1-21(2,3)16-4-6-17(7-5-16)23-19-9-8-18(24-25-19)20(27)26-12-10-22(11-13-26)28-14-15-29-22/h4-9H,10-15H2,1-3H3,(H,23,25). The highest BCUT2D eigenvalue weighted by atomic mass is 16.7. The second kappa shape index (κ2) is 7.72. The van der Waals surface area contributed by atoms with Gasteiger partial charge in [-0.1, -0.05) is 32.9 Å². The number of rotatable bonds is 3. The van der Waals surface area contributed by atoms with E-state index in [9.17, 15) is 4.79 Å². The molecule has 1 amide bonds. The van der Waals surface area contributed by atoms with Gasteiger partial charge in [-0.3, -0.25) is 4.79 Å². The number of anilines is 2. The van der Waals surface area contributed by atoms with E-state index in [4.69, 9.17) is 9.47 Å². The van der Waals surface area contributed by atoms with E-state index in [1.807, 2.05) is 12.1 Å². The maximum Gasteiger partial charge on any atom is 0.274 e. The number of carbonyl (C=O) groups excluding carboxylic acids is 1. The average Bonchev–Trinajstić information content (AvgIpc) is 3.16. The summed E-state index contributed by atoms with van der Waals surface area (Å²) < 4.78 is 11.4. The molecule has 29 heavy (non-hydrogen) atoms. The number of amides is 1. The molecule has 7 heteroatoms. The Balaban J connectivity index is 1.36. The van der Waals surface area contributed by atoms with Gasteiger partial charge in [-0.05, 0) is 35.2 Å². The molecule has 1 N–H and O–H groups in total. The van der Waals surface area contributed by atoms with Crippen LogP contribution in [0.2, 0.25) is 0 Å². The minimum absolute atomic E-state index is 0.105. The molecule has 0 bridgehead atoms. The third-order valence-corrected chi connectivity index (χ3v) is 5.53. The maximum atomic E-state index is 12.7. The first-order valence-corrected chi connectivity index (χ1v) is 10.1. The van der Waals surface area contributed by atoms with Crippen molar-refractivity contribution < 1.29 is 14.3 Å². The molecule has 4 rings (SSSR count). The minimum Gasteiger partial charge on any atom is -0.347 e. The number of nitrogens with zero attached hydrogens (tertiary/aromatic N) is 3. The quantitative estimate of drug-likeness (QED) is 0.856. The van der Waals surface area contributed by atoms with Gasteiger partial charge in [-0.2, -0.15) is 0 Å². The highest BCUT2D eigenvalue weighted by Crippen LogP contribution is 2.31. The topological polar surface area (TPSA) is 76.6 Å². The third-order valence-electron chi connectivity index (χ3n) is 5.53. The van der Waals surface area contributed by atoms with Crippen molar-refractivity contribution in [3.05, 3.63) is 47.7 Å². The van der Waals surface area contributed by atoms with Crippen molar-refractivity contribution in [3.63, 3.8) is 0 Å². The lowest BCUT2D eigenvalue weighted by Crippen LogP contribution is -2.47. The number of hydrogen-bond donors (Lipinski definition) is 1. The van der Waals surface area contributed by atoms with Gasteiger partial charge in [-0.25, -0.2) is 0 Å². The lowest BCUT2D eigenvalue weighted by molar-refractivity contribution is -0.181. The first-order chi connectivity index (χ1) is 13.8. The summed E-state index contributed by atoms with van der Waals surface area (Å²) in [4.78, 5) is 14.5. The summed E-state index contributed by atoms with van der Waals surface area (Å²) in [6.07, 6.45) is 1.38. The van der Waals surface area contributed by atoms with Gasteiger partial charge in [0.25, 0.3) is 5.91 Å². The number of nitrogens with one attached hydrogen (secondary N) is 1. The van der Waals surface area contributed by atoms with Crippen LogP contribution in [0.1, 0.15) is 49.7 Å². The number of piperidine rings is 1. The number of hydrogen-bond acceptors (Lipinski definition) is 6. The van der Waals surface area contributed by atoms with Crippen LogP contribution in [0.3, 0.4) is 0 Å². The van der Waals surface area contributed by atoms with Gasteiger partial charge in [-0.15, -0.1) is 10.2 Å². The van der Waals surface area contributed by atoms with E-state index < -0.39 is 5.79 Å². The minimum atomic E-state index is -0.487. The zero-order valence-corrected chi connectivity index (χ0v) is 17.3. The molecule has 0 unspecified atom stereocenters. The van der Waals surface area contributed by atoms with Crippen LogP contribution in [-0.4, -0.2) is 53.1 Å². The van der Waals surface area contributed by atoms with Crippen molar-refractivity contribution in [2.75, 3.05) is 31.6 Å². The van der Waals surface area contributed by atoms with E-state index in [0.717, 1.165) is 5.69 Å². The van der Waals surface area contributed by atoms with Crippen LogP contribution in [0.4, 0.5) is 11.5 Å². The zero-order chi connectivity index (χ0) is 20.5. The molecule has 2 aliphatic rings. The van der Waals surface area contributed by atoms with E-state index >= 15 is 0 Å². The van der Waals surface area contributed by atoms with Gasteiger partial charge < -0.3 is 19.7 Å². The number of ether oxygens (including phenoxy) is 2. The Morgan fingerprint density at radius 1 is 1.00 bits per heavy atom. The molecule has 1 spiro atoms. The largest absolute Gasteiger partial charge is 0.347 e. The fourth-order valence-electron chi connectivity index (χ4n) is 3.71. The van der Waals surface area contributed by atoms with Crippen molar-refractivity contribution in [1.82, 2.24) is 15.1 Å². The Labute approximate surface area is 171 Å². The van der Waals surface area contributed by atoms with E-state index in [0.29, 0.717) is 50.7 Å². The van der Waals surface area contributed by atoms with Gasteiger partial charge >= 0.3 is 0 Å². The first kappa shape index (κ1) is 19.8. The molecule has 7 nitrogen and oxygen atoms in total. The lowest BCUT2D eigenvalue weighted by Gasteiger charge is -2.37. The van der Waals surface area contributed by atoms with E-state index in [1.165, 1.54) is 5.56 Å². The number of carbonyl (C=O) groups is 1. The Bertz CT molecular complexity index is 843. The molecule has 0 saturated carbocycles. The fourth-order valence-corrected chi connectivity index (χ4v) is 3.71. The summed E-state index contributed by atoms with van der Waals surface area (Å²) in [5.74, 6) is 0.0144. The van der Waals surface area contributed by atoms with Crippen molar-refractivity contribution in [1.29, 1.82) is 0 Å². The molecule has 2 aromatic rings. The van der Waals surface area contributed by atoms with Crippen LogP contribution >= 0.6 is 0 Å². The fraction of sp³-hybridized carbons (Fsp3) is 0.500. The molecule has 0 radical (unpaired) electrons. The smallest absolute Gasteiger partial charge is 0.274 e. The van der Waals surface area contributed by atoms with E-state index in [2.05, 4.69) is 48.4 Å². The molecular formula is C22H28N4O3. The first-order valence-electron chi connectivity index (χ1n) is 10.1. The summed E-state index contributed by atoms with van der Waals surface area (Å²) in [6, 6.07) is 11.8. The van der Waals surface area contributed by atoms with Crippen molar-refractivity contribution in [2.45, 2.75) is 44.8 Å². The molecule has 3 heterocycles. The van der Waals surface area contributed by atoms with Gasteiger partial charge in [0.1, 0.15) is 0 Å². The molecule has 1 aromatic heterocycles. The summed E-state index contributed by atoms with van der Waals surface area (Å²) in [6.45, 7) is 9.02. The molecule has 0 aliphatic carbocycles. The highest BCUT2D eigenvalue weighted by Gasteiger charge is 2.41. The zero-order valence-electron chi connectivity index (χ0n) is 17.3. The predicted molar refractivity (Wildman–Crippen MR) is 110 cm³/mol. The molecular weight excluding hydrogens is 368 g/mol. The Morgan fingerprint density at radius 2 is 1.66 bits per heavy atom. The molecule has 154 valence electrons. The second-order valence-electron chi connectivity index (χ2n) is 8.66. The maximum absolute atomic E-state index is 12.7. The van der Waals surface area contributed by atoms with Crippen LogP contribution in [0, 0.1) is 0 Å². The second-order valence-corrected chi connectivity index (χ2v) is 8.66. The van der Waals surface area contributed by atoms with E-state index in [1.54, 1.807) is 17.0 Å². The van der Waals surface area contributed by atoms with Crippen molar-refractivity contribution >= 4 is 17.4 Å². The predicted octanol–water partition coefficient (Wildman–Crippen LogP) is 3.50. The number of benzene rings is 1. The normalized spacial score (nSPS) is 18.8. The van der Waals surface area contributed by atoms with Crippen LogP contribution < -0.4 is 5.32 Å². The molecule has 2 aliphatic heterocycles. The molecule has 0 atom stereocenters. The summed E-state index contributed by atoms with van der Waals surface area (Å²) in [7, 11) is 0. The third kappa shape index (κ3) is 4.41. The van der Waals surface area contributed by atoms with Crippen molar-refractivity contribution in [3.8, 4) is 0 Å². The van der Waals surface area contributed by atoms with Gasteiger partial charge in [0.15, 0.2) is 17.3 Å². The molecule has 2 fully saturated rings. The number of likely N-dealkylation sites (tertiary alicyclic amines) is 1. The summed E-state index contributed by atoms with van der Waals surface area (Å²) >= 11 is 0. The molecule has 2 saturated heterocycles. The summed E-state index contributed by atoms with van der Waals surface area (Å²) in [5.41, 5.74) is 2.67. The average molecular weight is 396 g/mol. The van der Waals surface area contributed by atoms with Crippen LogP contribution in [0.15, 0.2) is 36.4 Å². The van der Waals surface area contributed by atoms with Crippen LogP contribution in [0.5, 0.6) is 0 Å². The van der Waals surface area contributed by atoms with Crippen molar-refractivity contribution in [2.24, 2.45) is 0 Å².